The van der Waals surface area contributed by atoms with Crippen molar-refractivity contribution in [2.45, 2.75) is 13.0 Å². The summed E-state index contributed by atoms with van der Waals surface area (Å²) in [5.41, 5.74) is 3.09. The lowest BCUT2D eigenvalue weighted by Crippen LogP contribution is -2.10. The molecule has 0 aliphatic rings. The summed E-state index contributed by atoms with van der Waals surface area (Å²) >= 11 is 0. The number of phenolic OH excluding ortho intramolecular Hbond substituents is 1. The summed E-state index contributed by atoms with van der Waals surface area (Å²) in [6.07, 6.45) is 0. The Bertz CT molecular complexity index is 552. The first kappa shape index (κ1) is 13.3. The van der Waals surface area contributed by atoms with E-state index in [9.17, 15) is 5.11 Å². The lowest BCUT2D eigenvalue weighted by molar-refractivity contribution is 0.465. The third-order valence-electron chi connectivity index (χ3n) is 3.15. The Morgan fingerprint density at radius 1 is 1.05 bits per heavy atom. The van der Waals surface area contributed by atoms with E-state index in [4.69, 9.17) is 0 Å². The summed E-state index contributed by atoms with van der Waals surface area (Å²) < 4.78 is 0. The van der Waals surface area contributed by atoms with Gasteiger partial charge in [-0.1, -0.05) is 24.3 Å². The minimum absolute atomic E-state index is 0.0543. The van der Waals surface area contributed by atoms with Crippen molar-refractivity contribution in [3.63, 3.8) is 0 Å². The minimum atomic E-state index is 0.0543. The van der Waals surface area contributed by atoms with Gasteiger partial charge in [-0.2, -0.15) is 0 Å². The molecule has 0 amide bonds. The maximum Gasteiger partial charge on any atom is 0.120 e. The normalized spacial score (nSPS) is 11.9. The van der Waals surface area contributed by atoms with Crippen molar-refractivity contribution in [3.8, 4) is 5.75 Å². The Hall–Kier alpha value is -2.16. The van der Waals surface area contributed by atoms with Crippen LogP contribution in [0.1, 0.15) is 18.5 Å². The van der Waals surface area contributed by atoms with Crippen molar-refractivity contribution in [3.05, 3.63) is 54.1 Å². The average Bonchev–Trinajstić information content (AvgIpc) is 2.39. The van der Waals surface area contributed by atoms with Crippen molar-refractivity contribution in [2.75, 3.05) is 24.3 Å². The largest absolute Gasteiger partial charge is 0.508 e. The quantitative estimate of drug-likeness (QED) is 0.876. The number of aromatic hydroxyl groups is 1. The summed E-state index contributed by atoms with van der Waals surface area (Å²) in [5.74, 6) is 0.325. The van der Waals surface area contributed by atoms with E-state index < -0.39 is 0 Å². The molecule has 3 heteroatoms. The lowest BCUT2D eigenvalue weighted by atomic mass is 10.1. The Morgan fingerprint density at radius 2 is 1.79 bits per heavy atom. The molecule has 2 aromatic carbocycles. The van der Waals surface area contributed by atoms with E-state index in [0.717, 1.165) is 16.9 Å². The number of phenols is 1. The number of anilines is 2. The highest BCUT2D eigenvalue weighted by molar-refractivity contribution is 5.58. The SMILES string of the molecule is CC(Nc1cccc(N(C)C)c1)c1ccccc1O. The van der Waals surface area contributed by atoms with Crippen molar-refractivity contribution >= 4 is 11.4 Å². The molecule has 2 rings (SSSR count). The molecule has 0 aliphatic heterocycles. The molecule has 0 radical (unpaired) electrons. The zero-order valence-electron chi connectivity index (χ0n) is 11.6. The predicted molar refractivity (Wildman–Crippen MR) is 80.9 cm³/mol. The lowest BCUT2D eigenvalue weighted by Gasteiger charge is -2.19. The second-order valence-electron chi connectivity index (χ2n) is 4.87. The van der Waals surface area contributed by atoms with Gasteiger partial charge in [0, 0.05) is 31.0 Å². The van der Waals surface area contributed by atoms with Crippen LogP contribution in [0.25, 0.3) is 0 Å². The van der Waals surface area contributed by atoms with Crippen LogP contribution in [0.3, 0.4) is 0 Å². The first-order valence-electron chi connectivity index (χ1n) is 6.40. The van der Waals surface area contributed by atoms with Crippen molar-refractivity contribution in [1.82, 2.24) is 0 Å². The smallest absolute Gasteiger partial charge is 0.120 e. The van der Waals surface area contributed by atoms with Gasteiger partial charge in [0.1, 0.15) is 5.75 Å². The van der Waals surface area contributed by atoms with E-state index in [-0.39, 0.29) is 6.04 Å². The minimum Gasteiger partial charge on any atom is -0.508 e. The van der Waals surface area contributed by atoms with Crippen LogP contribution >= 0.6 is 0 Å². The van der Waals surface area contributed by atoms with Crippen LogP contribution in [0, 0.1) is 0 Å². The molecule has 0 bridgehead atoms. The molecular weight excluding hydrogens is 236 g/mol. The second kappa shape index (κ2) is 5.65. The number of nitrogens with zero attached hydrogens (tertiary/aromatic N) is 1. The van der Waals surface area contributed by atoms with Gasteiger partial charge in [0.2, 0.25) is 0 Å². The van der Waals surface area contributed by atoms with Crippen LogP contribution in [0.5, 0.6) is 5.75 Å². The molecule has 0 saturated heterocycles. The summed E-state index contributed by atoms with van der Waals surface area (Å²) in [4.78, 5) is 2.07. The highest BCUT2D eigenvalue weighted by Gasteiger charge is 2.09. The van der Waals surface area contributed by atoms with Crippen LogP contribution < -0.4 is 10.2 Å². The molecule has 0 spiro atoms. The van der Waals surface area contributed by atoms with E-state index in [0.29, 0.717) is 5.75 Å². The van der Waals surface area contributed by atoms with E-state index >= 15 is 0 Å². The van der Waals surface area contributed by atoms with Gasteiger partial charge in [-0.25, -0.2) is 0 Å². The number of hydrogen-bond acceptors (Lipinski definition) is 3. The molecule has 3 nitrogen and oxygen atoms in total. The Kier molecular flexibility index (Phi) is 3.95. The highest BCUT2D eigenvalue weighted by Crippen LogP contribution is 2.27. The van der Waals surface area contributed by atoms with Gasteiger partial charge >= 0.3 is 0 Å². The van der Waals surface area contributed by atoms with Gasteiger partial charge in [-0.15, -0.1) is 0 Å². The molecule has 0 saturated carbocycles. The fourth-order valence-corrected chi connectivity index (χ4v) is 2.06. The first-order chi connectivity index (χ1) is 9.08. The summed E-state index contributed by atoms with van der Waals surface area (Å²) in [6.45, 7) is 2.04. The molecule has 1 atom stereocenters. The maximum absolute atomic E-state index is 9.85. The molecule has 2 N–H and O–H groups in total. The molecule has 0 aliphatic carbocycles. The van der Waals surface area contributed by atoms with E-state index in [1.807, 2.05) is 51.4 Å². The van der Waals surface area contributed by atoms with Gasteiger partial charge in [-0.05, 0) is 31.2 Å². The number of hydrogen-bond donors (Lipinski definition) is 2. The van der Waals surface area contributed by atoms with Gasteiger partial charge in [0.05, 0.1) is 6.04 Å². The van der Waals surface area contributed by atoms with Crippen LogP contribution in [0.2, 0.25) is 0 Å². The monoisotopic (exact) mass is 256 g/mol. The molecule has 0 heterocycles. The Labute approximate surface area is 114 Å². The molecular formula is C16H20N2O. The fourth-order valence-electron chi connectivity index (χ4n) is 2.06. The summed E-state index contributed by atoms with van der Waals surface area (Å²) in [7, 11) is 4.04. The zero-order valence-corrected chi connectivity index (χ0v) is 11.6. The van der Waals surface area contributed by atoms with Gasteiger partial charge < -0.3 is 15.3 Å². The number of para-hydroxylation sites is 1. The molecule has 0 aromatic heterocycles. The third-order valence-corrected chi connectivity index (χ3v) is 3.15. The highest BCUT2D eigenvalue weighted by atomic mass is 16.3. The van der Waals surface area contributed by atoms with Crippen molar-refractivity contribution < 1.29 is 5.11 Å². The second-order valence-corrected chi connectivity index (χ2v) is 4.87. The number of benzene rings is 2. The van der Waals surface area contributed by atoms with Gasteiger partial charge in [0.25, 0.3) is 0 Å². The third kappa shape index (κ3) is 3.19. The molecule has 2 aromatic rings. The van der Waals surface area contributed by atoms with Crippen molar-refractivity contribution in [2.24, 2.45) is 0 Å². The van der Waals surface area contributed by atoms with Crippen LogP contribution in [0.15, 0.2) is 48.5 Å². The molecule has 0 fully saturated rings. The topological polar surface area (TPSA) is 35.5 Å². The van der Waals surface area contributed by atoms with E-state index in [1.54, 1.807) is 6.07 Å². The zero-order chi connectivity index (χ0) is 13.8. The van der Waals surface area contributed by atoms with Crippen molar-refractivity contribution in [1.29, 1.82) is 0 Å². The summed E-state index contributed by atoms with van der Waals surface area (Å²) in [5, 5.41) is 13.3. The first-order valence-corrected chi connectivity index (χ1v) is 6.40. The maximum atomic E-state index is 9.85. The number of rotatable bonds is 4. The van der Waals surface area contributed by atoms with Crippen LogP contribution in [-0.4, -0.2) is 19.2 Å². The molecule has 1 unspecified atom stereocenters. The molecule has 19 heavy (non-hydrogen) atoms. The van der Waals surface area contributed by atoms with E-state index in [1.165, 1.54) is 0 Å². The Balaban J connectivity index is 2.17. The van der Waals surface area contributed by atoms with Gasteiger partial charge in [0.15, 0.2) is 0 Å². The van der Waals surface area contributed by atoms with Crippen LogP contribution in [-0.2, 0) is 0 Å². The predicted octanol–water partition coefficient (Wildman–Crippen LogP) is 3.63. The van der Waals surface area contributed by atoms with Crippen LogP contribution in [0.4, 0.5) is 11.4 Å². The standard InChI is InChI=1S/C16H20N2O/c1-12(15-9-4-5-10-16(15)19)17-13-7-6-8-14(11-13)18(2)3/h4-12,17,19H,1-3H3. The Morgan fingerprint density at radius 3 is 2.47 bits per heavy atom. The fraction of sp³-hybridized carbons (Fsp3) is 0.250. The average molecular weight is 256 g/mol. The molecule has 100 valence electrons. The summed E-state index contributed by atoms with van der Waals surface area (Å²) in [6, 6.07) is 15.7. The van der Waals surface area contributed by atoms with Gasteiger partial charge in [-0.3, -0.25) is 0 Å². The number of nitrogens with one attached hydrogen (secondary N) is 1. The van der Waals surface area contributed by atoms with E-state index in [2.05, 4.69) is 22.3 Å².